The number of fused-ring (bicyclic) bond motifs is 2. The number of benzene rings is 2. The molecule has 1 fully saturated rings. The molecule has 0 bridgehead atoms. The summed E-state index contributed by atoms with van der Waals surface area (Å²) in [4.78, 5) is 29.8. The van der Waals surface area contributed by atoms with Crippen molar-refractivity contribution >= 4 is 17.5 Å². The fraction of sp³-hybridized carbons (Fsp3) is 0.231. The van der Waals surface area contributed by atoms with Crippen LogP contribution in [0, 0.1) is 0 Å². The van der Waals surface area contributed by atoms with Gasteiger partial charge in [0.25, 0.3) is 0 Å². The summed E-state index contributed by atoms with van der Waals surface area (Å²) in [5.41, 5.74) is 3.94. The van der Waals surface area contributed by atoms with E-state index in [1.807, 2.05) is 54.6 Å². The lowest BCUT2D eigenvalue weighted by atomic mass is 10.0. The van der Waals surface area contributed by atoms with Crippen molar-refractivity contribution in [2.75, 3.05) is 7.11 Å². The molecule has 8 heteroatoms. The van der Waals surface area contributed by atoms with Crippen LogP contribution in [0.25, 0.3) is 16.9 Å². The van der Waals surface area contributed by atoms with Gasteiger partial charge in [0.1, 0.15) is 12.0 Å². The van der Waals surface area contributed by atoms with E-state index in [4.69, 9.17) is 19.6 Å². The molecule has 2 aromatic heterocycles. The monoisotopic (exact) mass is 454 g/mol. The minimum Gasteiger partial charge on any atom is -0.493 e. The lowest BCUT2D eigenvalue weighted by Crippen LogP contribution is -2.35. The topological polar surface area (TPSA) is 94.8 Å². The summed E-state index contributed by atoms with van der Waals surface area (Å²) in [6, 6.07) is 19.1. The van der Waals surface area contributed by atoms with E-state index in [1.54, 1.807) is 17.7 Å². The second kappa shape index (κ2) is 7.69. The van der Waals surface area contributed by atoms with Gasteiger partial charge in [0.2, 0.25) is 5.91 Å². The Bertz CT molecular complexity index is 1440. The minimum atomic E-state index is -0.735. The molecule has 0 spiro atoms. The first-order valence-corrected chi connectivity index (χ1v) is 11.2. The first-order valence-electron chi connectivity index (χ1n) is 11.2. The minimum absolute atomic E-state index is 0.0685. The smallest absolute Gasteiger partial charge is 0.338 e. The maximum absolute atomic E-state index is 13.2. The normalized spacial score (nSPS) is 15.6. The Hall–Kier alpha value is -4.20. The zero-order valence-corrected chi connectivity index (χ0v) is 18.6. The molecule has 8 nitrogen and oxygen atoms in total. The Labute approximate surface area is 195 Å². The van der Waals surface area contributed by atoms with Crippen molar-refractivity contribution in [1.82, 2.24) is 19.9 Å². The molecule has 6 rings (SSSR count). The van der Waals surface area contributed by atoms with E-state index in [2.05, 4.69) is 5.32 Å². The third-order valence-electron chi connectivity index (χ3n) is 6.56. The molecule has 1 aliphatic carbocycles. The SMILES string of the molecule is COc1ccc(-c2ccc3c(c2)COC3=O)n2nc(C3(C(=O)NCc4ccccc4)CC3)nc12. The van der Waals surface area contributed by atoms with Crippen LogP contribution in [-0.2, 0) is 28.1 Å². The Balaban J connectivity index is 1.37. The molecule has 2 aliphatic rings. The fourth-order valence-electron chi connectivity index (χ4n) is 4.44. The van der Waals surface area contributed by atoms with Gasteiger partial charge in [-0.1, -0.05) is 36.4 Å². The molecular weight excluding hydrogens is 432 g/mol. The second-order valence-electron chi connectivity index (χ2n) is 8.66. The average Bonchev–Trinajstić information content (AvgIpc) is 3.43. The molecule has 2 aromatic carbocycles. The van der Waals surface area contributed by atoms with Crippen LogP contribution < -0.4 is 10.1 Å². The lowest BCUT2D eigenvalue weighted by Gasteiger charge is -2.12. The molecule has 0 radical (unpaired) electrons. The largest absolute Gasteiger partial charge is 0.493 e. The van der Waals surface area contributed by atoms with Crippen LogP contribution in [0.5, 0.6) is 5.75 Å². The summed E-state index contributed by atoms with van der Waals surface area (Å²) in [6.07, 6.45) is 1.39. The van der Waals surface area contributed by atoms with Gasteiger partial charge in [-0.2, -0.15) is 0 Å². The summed E-state index contributed by atoms with van der Waals surface area (Å²) >= 11 is 0. The van der Waals surface area contributed by atoms with Gasteiger partial charge >= 0.3 is 5.97 Å². The van der Waals surface area contributed by atoms with Gasteiger partial charge in [-0.25, -0.2) is 14.3 Å². The summed E-state index contributed by atoms with van der Waals surface area (Å²) in [5.74, 6) is 0.689. The first kappa shape index (κ1) is 20.4. The average molecular weight is 454 g/mol. The van der Waals surface area contributed by atoms with E-state index < -0.39 is 5.41 Å². The maximum atomic E-state index is 13.2. The van der Waals surface area contributed by atoms with Crippen LogP contribution in [0.15, 0.2) is 60.7 Å². The predicted molar refractivity (Wildman–Crippen MR) is 123 cm³/mol. The summed E-state index contributed by atoms with van der Waals surface area (Å²) in [6.45, 7) is 0.716. The molecular formula is C26H22N4O4. The molecule has 1 saturated carbocycles. The number of carbonyl (C=O) groups is 2. The van der Waals surface area contributed by atoms with E-state index >= 15 is 0 Å². The Morgan fingerprint density at radius 1 is 1.15 bits per heavy atom. The van der Waals surface area contributed by atoms with E-state index in [1.165, 1.54) is 0 Å². The van der Waals surface area contributed by atoms with Gasteiger partial charge in [0.15, 0.2) is 17.2 Å². The molecule has 1 aliphatic heterocycles. The number of cyclic esters (lactones) is 1. The van der Waals surface area contributed by atoms with Gasteiger partial charge in [-0.05, 0) is 42.7 Å². The first-order chi connectivity index (χ1) is 16.6. The summed E-state index contributed by atoms with van der Waals surface area (Å²) in [7, 11) is 1.58. The van der Waals surface area contributed by atoms with Gasteiger partial charge in [0, 0.05) is 17.7 Å². The van der Waals surface area contributed by atoms with Gasteiger partial charge in [0.05, 0.1) is 18.4 Å². The number of amides is 1. The van der Waals surface area contributed by atoms with Crippen molar-refractivity contribution in [2.45, 2.75) is 31.4 Å². The third kappa shape index (κ3) is 3.22. The highest BCUT2D eigenvalue weighted by Gasteiger charge is 2.54. The summed E-state index contributed by atoms with van der Waals surface area (Å²) in [5, 5.41) is 7.83. The Morgan fingerprint density at radius 2 is 1.97 bits per heavy atom. The van der Waals surface area contributed by atoms with E-state index in [9.17, 15) is 9.59 Å². The van der Waals surface area contributed by atoms with Crippen molar-refractivity contribution in [3.63, 3.8) is 0 Å². The quantitative estimate of drug-likeness (QED) is 0.449. The van der Waals surface area contributed by atoms with Crippen molar-refractivity contribution in [3.8, 4) is 17.0 Å². The van der Waals surface area contributed by atoms with E-state index in [0.717, 1.165) is 22.4 Å². The number of hydrogen-bond donors (Lipinski definition) is 1. The van der Waals surface area contributed by atoms with E-state index in [0.29, 0.717) is 42.2 Å². The Kier molecular flexibility index (Phi) is 4.62. The molecule has 4 aromatic rings. The number of esters is 1. The zero-order valence-electron chi connectivity index (χ0n) is 18.6. The predicted octanol–water partition coefficient (Wildman–Crippen LogP) is 3.42. The van der Waals surface area contributed by atoms with Crippen LogP contribution >= 0.6 is 0 Å². The van der Waals surface area contributed by atoms with Crippen molar-refractivity contribution < 1.29 is 19.1 Å². The van der Waals surface area contributed by atoms with Gasteiger partial charge < -0.3 is 14.8 Å². The van der Waals surface area contributed by atoms with Crippen LogP contribution in [-0.4, -0.2) is 33.6 Å². The molecule has 170 valence electrons. The number of nitrogens with zero attached hydrogens (tertiary/aromatic N) is 3. The molecule has 0 unspecified atom stereocenters. The highest BCUT2D eigenvalue weighted by atomic mass is 16.5. The number of hydrogen-bond acceptors (Lipinski definition) is 6. The molecule has 34 heavy (non-hydrogen) atoms. The second-order valence-corrected chi connectivity index (χ2v) is 8.66. The highest BCUT2D eigenvalue weighted by Crippen LogP contribution is 2.47. The number of pyridine rings is 1. The molecule has 1 amide bonds. The molecule has 3 heterocycles. The molecule has 0 atom stereocenters. The molecule has 0 saturated heterocycles. The highest BCUT2D eigenvalue weighted by molar-refractivity contribution is 5.94. The number of rotatable bonds is 6. The van der Waals surface area contributed by atoms with Crippen LogP contribution in [0.4, 0.5) is 0 Å². The van der Waals surface area contributed by atoms with Crippen molar-refractivity contribution in [3.05, 3.63) is 83.2 Å². The van der Waals surface area contributed by atoms with Crippen molar-refractivity contribution in [2.24, 2.45) is 0 Å². The lowest BCUT2D eigenvalue weighted by molar-refractivity contribution is -0.123. The number of aromatic nitrogens is 3. The van der Waals surface area contributed by atoms with Crippen LogP contribution in [0.2, 0.25) is 0 Å². The third-order valence-corrected chi connectivity index (χ3v) is 6.56. The number of ether oxygens (including phenoxy) is 2. The number of nitrogens with one attached hydrogen (secondary N) is 1. The van der Waals surface area contributed by atoms with Gasteiger partial charge in [-0.3, -0.25) is 4.79 Å². The fourth-order valence-corrected chi connectivity index (χ4v) is 4.44. The zero-order chi connectivity index (χ0) is 23.3. The van der Waals surface area contributed by atoms with E-state index in [-0.39, 0.29) is 18.5 Å². The van der Waals surface area contributed by atoms with Crippen molar-refractivity contribution in [1.29, 1.82) is 0 Å². The van der Waals surface area contributed by atoms with Crippen LogP contribution in [0.3, 0.4) is 0 Å². The number of carbonyl (C=O) groups excluding carboxylic acids is 2. The number of methoxy groups -OCH3 is 1. The Morgan fingerprint density at radius 3 is 2.74 bits per heavy atom. The van der Waals surface area contributed by atoms with Gasteiger partial charge in [-0.15, -0.1) is 5.10 Å². The maximum Gasteiger partial charge on any atom is 0.338 e. The standard InChI is InChI=1S/C26H22N4O4/c1-33-21-10-9-20(17-7-8-19-18(13-17)15-34-23(19)31)30-22(21)28-24(29-30)26(11-12-26)25(32)27-14-16-5-3-2-4-6-16/h2-10,13H,11-12,14-15H2,1H3,(H,27,32). The molecule has 1 N–H and O–H groups in total. The summed E-state index contributed by atoms with van der Waals surface area (Å²) < 4.78 is 12.4. The van der Waals surface area contributed by atoms with Crippen LogP contribution in [0.1, 0.15) is 40.2 Å².